The summed E-state index contributed by atoms with van der Waals surface area (Å²) in [5.41, 5.74) is -0.0136. The van der Waals surface area contributed by atoms with E-state index in [1.807, 2.05) is 0 Å². The Hall–Kier alpha value is -0.810. The number of hydrogen-bond acceptors (Lipinski definition) is 3. The van der Waals surface area contributed by atoms with Gasteiger partial charge in [0.05, 0.1) is 6.04 Å². The standard InChI is InChI=1S/C12H23N3O2/c1-12(2,3)10-9(7-15(10)11(16)17)14-8-4-5-13-6-8/h8-10,13-14H,4-7H2,1-3H3,(H,16,17). The number of hydrogen-bond donors (Lipinski definition) is 3. The van der Waals surface area contributed by atoms with Crippen LogP contribution < -0.4 is 10.6 Å². The van der Waals surface area contributed by atoms with Crippen molar-refractivity contribution < 1.29 is 9.90 Å². The van der Waals surface area contributed by atoms with Gasteiger partial charge in [-0.25, -0.2) is 4.79 Å². The summed E-state index contributed by atoms with van der Waals surface area (Å²) in [4.78, 5) is 12.7. The van der Waals surface area contributed by atoms with Crippen LogP contribution in [-0.4, -0.2) is 53.9 Å². The first kappa shape index (κ1) is 12.6. The fourth-order valence-electron chi connectivity index (χ4n) is 3.02. The highest BCUT2D eigenvalue weighted by Gasteiger charge is 2.48. The molecule has 17 heavy (non-hydrogen) atoms. The lowest BCUT2D eigenvalue weighted by Crippen LogP contribution is -2.72. The summed E-state index contributed by atoms with van der Waals surface area (Å²) in [6, 6.07) is 0.886. The van der Waals surface area contributed by atoms with Gasteiger partial charge in [-0.1, -0.05) is 20.8 Å². The maximum absolute atomic E-state index is 11.1. The molecule has 0 saturated carbocycles. The van der Waals surface area contributed by atoms with Crippen LogP contribution in [-0.2, 0) is 0 Å². The molecule has 2 heterocycles. The molecule has 98 valence electrons. The number of nitrogens with zero attached hydrogens (tertiary/aromatic N) is 1. The average Bonchev–Trinajstić information content (AvgIpc) is 2.59. The van der Waals surface area contributed by atoms with E-state index in [1.54, 1.807) is 4.90 Å². The summed E-state index contributed by atoms with van der Waals surface area (Å²) in [5, 5.41) is 16.0. The summed E-state index contributed by atoms with van der Waals surface area (Å²) < 4.78 is 0. The molecule has 2 aliphatic heterocycles. The molecule has 5 heteroatoms. The molecular formula is C12H23N3O2. The first-order chi connectivity index (χ1) is 7.89. The molecule has 3 atom stereocenters. The van der Waals surface area contributed by atoms with Gasteiger partial charge in [-0.2, -0.15) is 0 Å². The van der Waals surface area contributed by atoms with E-state index in [9.17, 15) is 4.79 Å². The number of likely N-dealkylation sites (tertiary alicyclic amines) is 1. The second-order valence-corrected chi connectivity index (χ2v) is 6.21. The van der Waals surface area contributed by atoms with Crippen molar-refractivity contribution in [2.75, 3.05) is 19.6 Å². The van der Waals surface area contributed by atoms with E-state index in [0.717, 1.165) is 19.5 Å². The first-order valence-electron chi connectivity index (χ1n) is 6.36. The smallest absolute Gasteiger partial charge is 0.407 e. The zero-order valence-corrected chi connectivity index (χ0v) is 10.9. The van der Waals surface area contributed by atoms with Gasteiger partial charge in [0, 0.05) is 25.2 Å². The maximum Gasteiger partial charge on any atom is 0.407 e. The fourth-order valence-corrected chi connectivity index (χ4v) is 3.02. The second kappa shape index (κ2) is 4.46. The Labute approximate surface area is 103 Å². The predicted octanol–water partition coefficient (Wildman–Crippen LogP) is 0.715. The molecule has 1 amide bonds. The molecule has 3 N–H and O–H groups in total. The Morgan fingerprint density at radius 2 is 2.18 bits per heavy atom. The van der Waals surface area contributed by atoms with Crippen LogP contribution in [0, 0.1) is 5.41 Å². The monoisotopic (exact) mass is 241 g/mol. The van der Waals surface area contributed by atoms with Crippen LogP contribution in [0.1, 0.15) is 27.2 Å². The minimum atomic E-state index is -0.799. The number of carboxylic acid groups (broad SMARTS) is 1. The van der Waals surface area contributed by atoms with E-state index < -0.39 is 6.09 Å². The summed E-state index contributed by atoms with van der Waals surface area (Å²) in [6.07, 6.45) is 0.341. The van der Waals surface area contributed by atoms with Crippen molar-refractivity contribution in [3.63, 3.8) is 0 Å². The van der Waals surface area contributed by atoms with Gasteiger partial charge < -0.3 is 20.6 Å². The highest BCUT2D eigenvalue weighted by molar-refractivity contribution is 5.67. The Morgan fingerprint density at radius 1 is 1.47 bits per heavy atom. The van der Waals surface area contributed by atoms with Crippen LogP contribution >= 0.6 is 0 Å². The molecule has 5 nitrogen and oxygen atoms in total. The topological polar surface area (TPSA) is 64.6 Å². The van der Waals surface area contributed by atoms with E-state index in [0.29, 0.717) is 18.6 Å². The van der Waals surface area contributed by atoms with Crippen LogP contribution in [0.5, 0.6) is 0 Å². The minimum absolute atomic E-state index is 0.0136. The highest BCUT2D eigenvalue weighted by Crippen LogP contribution is 2.34. The Morgan fingerprint density at radius 3 is 2.65 bits per heavy atom. The Bertz CT molecular complexity index is 295. The van der Waals surface area contributed by atoms with E-state index in [4.69, 9.17) is 5.11 Å². The Balaban J connectivity index is 1.96. The van der Waals surface area contributed by atoms with Gasteiger partial charge in [0.2, 0.25) is 0 Å². The van der Waals surface area contributed by atoms with Crippen molar-refractivity contribution in [2.24, 2.45) is 5.41 Å². The third-order valence-corrected chi connectivity index (χ3v) is 3.75. The average molecular weight is 241 g/mol. The zero-order valence-electron chi connectivity index (χ0n) is 10.9. The van der Waals surface area contributed by atoms with Crippen molar-refractivity contribution in [3.05, 3.63) is 0 Å². The van der Waals surface area contributed by atoms with Gasteiger partial charge >= 0.3 is 6.09 Å². The summed E-state index contributed by atoms with van der Waals surface area (Å²) in [7, 11) is 0. The van der Waals surface area contributed by atoms with Crippen LogP contribution in [0.3, 0.4) is 0 Å². The van der Waals surface area contributed by atoms with Gasteiger partial charge in [-0.05, 0) is 18.4 Å². The largest absolute Gasteiger partial charge is 0.465 e. The molecule has 2 aliphatic rings. The van der Waals surface area contributed by atoms with E-state index in [1.165, 1.54) is 0 Å². The van der Waals surface area contributed by atoms with Crippen molar-refractivity contribution in [1.29, 1.82) is 0 Å². The van der Waals surface area contributed by atoms with Crippen LogP contribution in [0.25, 0.3) is 0 Å². The lowest BCUT2D eigenvalue weighted by atomic mass is 9.76. The van der Waals surface area contributed by atoms with E-state index >= 15 is 0 Å². The van der Waals surface area contributed by atoms with Crippen molar-refractivity contribution in [1.82, 2.24) is 15.5 Å². The molecule has 3 unspecified atom stereocenters. The van der Waals surface area contributed by atoms with Gasteiger partial charge in [0.25, 0.3) is 0 Å². The SMILES string of the molecule is CC(C)(C)C1C(NC2CCNC2)CN1C(=O)O. The molecular weight excluding hydrogens is 218 g/mol. The molecule has 0 aromatic rings. The second-order valence-electron chi connectivity index (χ2n) is 6.21. The summed E-state index contributed by atoms with van der Waals surface area (Å²) >= 11 is 0. The molecule has 0 radical (unpaired) electrons. The van der Waals surface area contributed by atoms with Crippen molar-refractivity contribution in [3.8, 4) is 0 Å². The normalized spacial score (nSPS) is 33.6. The third-order valence-electron chi connectivity index (χ3n) is 3.75. The van der Waals surface area contributed by atoms with Gasteiger partial charge in [0.1, 0.15) is 0 Å². The van der Waals surface area contributed by atoms with Crippen LogP contribution in [0.2, 0.25) is 0 Å². The minimum Gasteiger partial charge on any atom is -0.465 e. The van der Waals surface area contributed by atoms with Gasteiger partial charge in [0.15, 0.2) is 0 Å². The summed E-state index contributed by atoms with van der Waals surface area (Å²) in [6.45, 7) is 9.00. The molecule has 0 aliphatic carbocycles. The Kier molecular flexibility index (Phi) is 3.32. The lowest BCUT2D eigenvalue weighted by molar-refractivity contribution is -0.0154. The number of carbonyl (C=O) groups is 1. The fraction of sp³-hybridized carbons (Fsp3) is 0.917. The number of nitrogens with one attached hydrogen (secondary N) is 2. The number of amides is 1. The van der Waals surface area contributed by atoms with Gasteiger partial charge in [-0.3, -0.25) is 0 Å². The predicted molar refractivity (Wildman–Crippen MR) is 66.2 cm³/mol. The van der Waals surface area contributed by atoms with Crippen molar-refractivity contribution >= 4 is 6.09 Å². The van der Waals surface area contributed by atoms with E-state index in [2.05, 4.69) is 31.4 Å². The molecule has 0 spiro atoms. The third kappa shape index (κ3) is 2.55. The molecule has 2 rings (SSSR count). The quantitative estimate of drug-likeness (QED) is 0.666. The maximum atomic E-state index is 11.1. The van der Waals surface area contributed by atoms with Crippen LogP contribution in [0.4, 0.5) is 4.79 Å². The molecule has 0 aromatic carbocycles. The molecule has 2 saturated heterocycles. The lowest BCUT2D eigenvalue weighted by Gasteiger charge is -2.53. The van der Waals surface area contributed by atoms with Gasteiger partial charge in [-0.15, -0.1) is 0 Å². The van der Waals surface area contributed by atoms with Crippen LogP contribution in [0.15, 0.2) is 0 Å². The zero-order chi connectivity index (χ0) is 12.6. The van der Waals surface area contributed by atoms with Crippen molar-refractivity contribution in [2.45, 2.75) is 45.3 Å². The molecule has 2 fully saturated rings. The van der Waals surface area contributed by atoms with E-state index in [-0.39, 0.29) is 11.5 Å². The first-order valence-corrected chi connectivity index (χ1v) is 6.36. The summed E-state index contributed by atoms with van der Waals surface area (Å²) in [5.74, 6) is 0. The molecule has 0 aromatic heterocycles. The highest BCUT2D eigenvalue weighted by atomic mass is 16.4. The number of rotatable bonds is 2. The molecule has 0 bridgehead atoms.